The lowest BCUT2D eigenvalue weighted by atomic mass is 10.2. The summed E-state index contributed by atoms with van der Waals surface area (Å²) < 4.78 is 13.6. The van der Waals surface area contributed by atoms with Crippen LogP contribution < -0.4 is 5.32 Å². The van der Waals surface area contributed by atoms with Crippen molar-refractivity contribution in [2.24, 2.45) is 0 Å². The Balaban J connectivity index is 2.22. The highest BCUT2D eigenvalue weighted by molar-refractivity contribution is 9.10. The molecule has 2 aromatic carbocycles. The number of phenolic OH excluding ortho intramolecular Hbond substituents is 2. The fourth-order valence-corrected chi connectivity index (χ4v) is 1.75. The van der Waals surface area contributed by atoms with Crippen LogP contribution in [0.15, 0.2) is 40.9 Å². The zero-order chi connectivity index (χ0) is 14.0. The standard InChI is InChI=1S/C13H9BrFNO3/c14-11-2-1-8(5-12(11)15)16-13(19)7-3-9(17)6-10(18)4-7/h1-6,17-18H,(H,16,19). The smallest absolute Gasteiger partial charge is 0.255 e. The fraction of sp³-hybridized carbons (Fsp3) is 0. The average Bonchev–Trinajstić information content (AvgIpc) is 2.32. The van der Waals surface area contributed by atoms with E-state index in [9.17, 15) is 19.4 Å². The summed E-state index contributed by atoms with van der Waals surface area (Å²) in [6, 6.07) is 7.65. The molecule has 0 unspecified atom stereocenters. The normalized spacial score (nSPS) is 10.2. The van der Waals surface area contributed by atoms with Crippen molar-refractivity contribution in [3.8, 4) is 11.5 Å². The number of rotatable bonds is 2. The van der Waals surface area contributed by atoms with E-state index in [1.165, 1.54) is 24.3 Å². The van der Waals surface area contributed by atoms with Gasteiger partial charge in [-0.25, -0.2) is 4.39 Å². The molecule has 0 saturated heterocycles. The highest BCUT2D eigenvalue weighted by Crippen LogP contribution is 2.23. The number of aromatic hydroxyl groups is 2. The molecule has 0 spiro atoms. The molecule has 1 amide bonds. The summed E-state index contributed by atoms with van der Waals surface area (Å²) in [6.45, 7) is 0. The number of nitrogens with one attached hydrogen (secondary N) is 1. The van der Waals surface area contributed by atoms with E-state index in [0.717, 1.165) is 12.1 Å². The highest BCUT2D eigenvalue weighted by Gasteiger charge is 2.10. The summed E-state index contributed by atoms with van der Waals surface area (Å²) in [4.78, 5) is 11.8. The third-order valence-electron chi connectivity index (χ3n) is 2.34. The van der Waals surface area contributed by atoms with E-state index in [4.69, 9.17) is 0 Å². The molecule has 19 heavy (non-hydrogen) atoms. The molecule has 3 N–H and O–H groups in total. The lowest BCUT2D eigenvalue weighted by molar-refractivity contribution is 0.102. The number of anilines is 1. The second-order valence-electron chi connectivity index (χ2n) is 3.82. The zero-order valence-electron chi connectivity index (χ0n) is 9.52. The summed E-state index contributed by atoms with van der Waals surface area (Å²) in [6.07, 6.45) is 0. The summed E-state index contributed by atoms with van der Waals surface area (Å²) in [5.74, 6) is -1.52. The number of hydrogen-bond donors (Lipinski definition) is 3. The molecule has 0 radical (unpaired) electrons. The van der Waals surface area contributed by atoms with Crippen LogP contribution in [0.2, 0.25) is 0 Å². The van der Waals surface area contributed by atoms with Gasteiger partial charge in [-0.1, -0.05) is 0 Å². The van der Waals surface area contributed by atoms with Crippen molar-refractivity contribution < 1.29 is 19.4 Å². The van der Waals surface area contributed by atoms with E-state index in [0.29, 0.717) is 4.47 Å². The molecule has 0 heterocycles. The Hall–Kier alpha value is -2.08. The molecular formula is C13H9BrFNO3. The quantitative estimate of drug-likeness (QED) is 0.793. The van der Waals surface area contributed by atoms with Gasteiger partial charge >= 0.3 is 0 Å². The lowest BCUT2D eigenvalue weighted by Crippen LogP contribution is -2.11. The van der Waals surface area contributed by atoms with Gasteiger partial charge in [0.2, 0.25) is 0 Å². The largest absolute Gasteiger partial charge is 0.508 e. The average molecular weight is 326 g/mol. The van der Waals surface area contributed by atoms with Gasteiger partial charge in [-0.2, -0.15) is 0 Å². The molecule has 0 aliphatic carbocycles. The first-order valence-electron chi connectivity index (χ1n) is 5.25. The molecule has 2 rings (SSSR count). The molecule has 0 aliphatic rings. The third kappa shape index (κ3) is 3.23. The van der Waals surface area contributed by atoms with Crippen LogP contribution in [0.5, 0.6) is 11.5 Å². The van der Waals surface area contributed by atoms with Gasteiger partial charge in [0.15, 0.2) is 0 Å². The number of halogens is 2. The minimum Gasteiger partial charge on any atom is -0.508 e. The fourth-order valence-electron chi connectivity index (χ4n) is 1.50. The maximum atomic E-state index is 13.3. The highest BCUT2D eigenvalue weighted by atomic mass is 79.9. The Kier molecular flexibility index (Phi) is 3.71. The number of carbonyl (C=O) groups is 1. The van der Waals surface area contributed by atoms with Crippen molar-refractivity contribution >= 4 is 27.5 Å². The second-order valence-corrected chi connectivity index (χ2v) is 4.68. The van der Waals surface area contributed by atoms with Gasteiger partial charge in [-0.3, -0.25) is 4.79 Å². The maximum absolute atomic E-state index is 13.3. The maximum Gasteiger partial charge on any atom is 0.255 e. The van der Waals surface area contributed by atoms with Gasteiger partial charge in [0.25, 0.3) is 5.91 Å². The van der Waals surface area contributed by atoms with E-state index in [1.807, 2.05) is 0 Å². The molecule has 0 aliphatic heterocycles. The van der Waals surface area contributed by atoms with Crippen LogP contribution in [0.25, 0.3) is 0 Å². The molecule has 0 saturated carbocycles. The van der Waals surface area contributed by atoms with Gasteiger partial charge in [0, 0.05) is 17.3 Å². The van der Waals surface area contributed by atoms with Gasteiger partial charge in [0.1, 0.15) is 17.3 Å². The van der Waals surface area contributed by atoms with Crippen LogP contribution in [-0.2, 0) is 0 Å². The SMILES string of the molecule is O=C(Nc1ccc(Br)c(F)c1)c1cc(O)cc(O)c1. The first-order valence-corrected chi connectivity index (χ1v) is 6.04. The van der Waals surface area contributed by atoms with E-state index < -0.39 is 11.7 Å². The van der Waals surface area contributed by atoms with Gasteiger partial charge in [-0.05, 0) is 46.3 Å². The van der Waals surface area contributed by atoms with E-state index in [1.54, 1.807) is 0 Å². The molecule has 4 nitrogen and oxygen atoms in total. The van der Waals surface area contributed by atoms with E-state index in [-0.39, 0.29) is 22.7 Å². The molecule has 6 heteroatoms. The lowest BCUT2D eigenvalue weighted by Gasteiger charge is -2.07. The number of carbonyl (C=O) groups excluding carboxylic acids is 1. The Morgan fingerprint density at radius 2 is 1.74 bits per heavy atom. The first-order chi connectivity index (χ1) is 8.95. The Morgan fingerprint density at radius 1 is 1.11 bits per heavy atom. The van der Waals surface area contributed by atoms with E-state index in [2.05, 4.69) is 21.2 Å². The topological polar surface area (TPSA) is 69.6 Å². The second kappa shape index (κ2) is 5.27. The minimum atomic E-state index is -0.562. The van der Waals surface area contributed by atoms with Crippen molar-refractivity contribution in [1.29, 1.82) is 0 Å². The summed E-state index contributed by atoms with van der Waals surface area (Å²) in [5.41, 5.74) is 0.342. The molecule has 2 aromatic rings. The Bertz CT molecular complexity index is 626. The van der Waals surface area contributed by atoms with Crippen LogP contribution in [0, 0.1) is 5.82 Å². The molecule has 0 atom stereocenters. The number of hydrogen-bond acceptors (Lipinski definition) is 3. The minimum absolute atomic E-state index is 0.0702. The third-order valence-corrected chi connectivity index (χ3v) is 2.99. The van der Waals surface area contributed by atoms with Crippen molar-refractivity contribution in [2.75, 3.05) is 5.32 Å². The van der Waals surface area contributed by atoms with Crippen LogP contribution in [0.1, 0.15) is 10.4 Å². The monoisotopic (exact) mass is 325 g/mol. The molecular weight excluding hydrogens is 317 g/mol. The first kappa shape index (κ1) is 13.4. The van der Waals surface area contributed by atoms with Crippen molar-refractivity contribution in [3.05, 3.63) is 52.3 Å². The molecule has 0 fully saturated rings. The van der Waals surface area contributed by atoms with Gasteiger partial charge in [0.05, 0.1) is 4.47 Å². The number of phenols is 2. The van der Waals surface area contributed by atoms with Gasteiger partial charge in [-0.15, -0.1) is 0 Å². The van der Waals surface area contributed by atoms with Crippen LogP contribution in [0.3, 0.4) is 0 Å². The van der Waals surface area contributed by atoms with Crippen LogP contribution in [0.4, 0.5) is 10.1 Å². The van der Waals surface area contributed by atoms with Crippen LogP contribution in [-0.4, -0.2) is 16.1 Å². The Labute approximate surface area is 116 Å². The summed E-state index contributed by atoms with van der Waals surface area (Å²) >= 11 is 3.01. The predicted molar refractivity (Wildman–Crippen MR) is 71.8 cm³/mol. The molecule has 0 aromatic heterocycles. The number of benzene rings is 2. The summed E-state index contributed by atoms with van der Waals surface area (Å²) in [7, 11) is 0. The van der Waals surface area contributed by atoms with E-state index >= 15 is 0 Å². The van der Waals surface area contributed by atoms with Crippen molar-refractivity contribution in [2.45, 2.75) is 0 Å². The van der Waals surface area contributed by atoms with Crippen molar-refractivity contribution in [3.63, 3.8) is 0 Å². The van der Waals surface area contributed by atoms with Crippen LogP contribution >= 0.6 is 15.9 Å². The molecule has 0 bridgehead atoms. The Morgan fingerprint density at radius 3 is 2.32 bits per heavy atom. The summed E-state index contributed by atoms with van der Waals surface area (Å²) in [5, 5.41) is 21.0. The molecule has 98 valence electrons. The van der Waals surface area contributed by atoms with Gasteiger partial charge < -0.3 is 15.5 Å². The van der Waals surface area contributed by atoms with Crippen molar-refractivity contribution in [1.82, 2.24) is 0 Å². The number of amides is 1. The predicted octanol–water partition coefficient (Wildman–Crippen LogP) is 3.25. The zero-order valence-corrected chi connectivity index (χ0v) is 11.1.